The first-order valence-electron chi connectivity index (χ1n) is 11.7. The maximum Gasteiger partial charge on any atom is 0.419 e. The molecule has 0 radical (unpaired) electrons. The Bertz CT molecular complexity index is 1160. The number of amides is 1. The number of aliphatic carboxylic acids is 1. The van der Waals surface area contributed by atoms with E-state index in [-0.39, 0.29) is 18.5 Å². The van der Waals surface area contributed by atoms with Gasteiger partial charge in [0.05, 0.1) is 29.4 Å². The number of hydrogen-bond donors (Lipinski definition) is 3. The number of anilines is 1. The molecule has 0 spiro atoms. The second kappa shape index (κ2) is 11.7. The highest BCUT2D eigenvalue weighted by Gasteiger charge is 2.32. The smallest absolute Gasteiger partial charge is 0.419 e. The zero-order valence-corrected chi connectivity index (χ0v) is 20.0. The van der Waals surface area contributed by atoms with Crippen LogP contribution in [-0.2, 0) is 11.0 Å². The van der Waals surface area contributed by atoms with E-state index < -0.39 is 23.6 Å². The number of halogens is 3. The van der Waals surface area contributed by atoms with Crippen LogP contribution in [0.4, 0.5) is 18.9 Å². The number of carboxylic acids is 1. The molecule has 36 heavy (non-hydrogen) atoms. The second-order valence-electron chi connectivity index (χ2n) is 8.48. The average Bonchev–Trinajstić information content (AvgIpc) is 3.35. The zero-order chi connectivity index (χ0) is 26.3. The lowest BCUT2D eigenvalue weighted by atomic mass is 10.00. The summed E-state index contributed by atoms with van der Waals surface area (Å²) in [4.78, 5) is 23.5. The zero-order valence-electron chi connectivity index (χ0n) is 20.0. The molecule has 2 aromatic carbocycles. The van der Waals surface area contributed by atoms with Gasteiger partial charge in [-0.1, -0.05) is 32.4 Å². The van der Waals surface area contributed by atoms with Crippen molar-refractivity contribution in [1.82, 2.24) is 15.1 Å². The third kappa shape index (κ3) is 6.87. The van der Waals surface area contributed by atoms with Gasteiger partial charge in [-0.15, -0.1) is 0 Å². The van der Waals surface area contributed by atoms with Gasteiger partial charge >= 0.3 is 12.1 Å². The number of hydrogen-bond acceptors (Lipinski definition) is 4. The molecule has 3 aromatic rings. The van der Waals surface area contributed by atoms with Crippen LogP contribution in [0, 0.1) is 5.92 Å². The monoisotopic (exact) mass is 502 g/mol. The Morgan fingerprint density at radius 1 is 1.06 bits per heavy atom. The fourth-order valence-corrected chi connectivity index (χ4v) is 3.72. The normalized spacial score (nSPS) is 13.1. The van der Waals surface area contributed by atoms with Crippen molar-refractivity contribution in [2.75, 3.05) is 11.9 Å². The molecule has 192 valence electrons. The summed E-state index contributed by atoms with van der Waals surface area (Å²) in [5.74, 6) is -1.90. The molecule has 0 saturated heterocycles. The molecular formula is C26H29F3N4O3. The number of nitrogens with one attached hydrogen (secondary N) is 2. The Morgan fingerprint density at radius 2 is 1.72 bits per heavy atom. The van der Waals surface area contributed by atoms with Crippen LogP contribution in [0.5, 0.6) is 0 Å². The maximum atomic E-state index is 12.8. The van der Waals surface area contributed by atoms with E-state index in [0.717, 1.165) is 36.5 Å². The number of carbonyl (C=O) groups excluding carboxylic acids is 1. The quantitative estimate of drug-likeness (QED) is 0.313. The number of aromatic nitrogens is 2. The summed E-state index contributed by atoms with van der Waals surface area (Å²) in [6, 6.07) is 14.0. The molecule has 3 N–H and O–H groups in total. The average molecular weight is 503 g/mol. The molecule has 7 nitrogen and oxygen atoms in total. The highest BCUT2D eigenvalue weighted by molar-refractivity contribution is 5.94. The number of carbonyl (C=O) groups is 2. The molecule has 0 aliphatic carbocycles. The number of nitrogens with zero attached hydrogens (tertiary/aromatic N) is 2. The number of rotatable bonds is 11. The summed E-state index contributed by atoms with van der Waals surface area (Å²) in [5.41, 5.74) is 1.90. The van der Waals surface area contributed by atoms with Crippen molar-refractivity contribution in [3.8, 4) is 5.69 Å². The van der Waals surface area contributed by atoms with E-state index in [4.69, 9.17) is 5.11 Å². The van der Waals surface area contributed by atoms with Crippen molar-refractivity contribution >= 4 is 17.6 Å². The highest BCUT2D eigenvalue weighted by Crippen LogP contribution is 2.30. The molecule has 10 heteroatoms. The van der Waals surface area contributed by atoms with Gasteiger partial charge in [-0.2, -0.15) is 18.3 Å². The maximum absolute atomic E-state index is 12.8. The molecule has 0 fully saturated rings. The summed E-state index contributed by atoms with van der Waals surface area (Å²) >= 11 is 0. The van der Waals surface area contributed by atoms with Crippen molar-refractivity contribution in [1.29, 1.82) is 0 Å². The van der Waals surface area contributed by atoms with E-state index in [1.54, 1.807) is 43.3 Å². The molecule has 2 unspecified atom stereocenters. The van der Waals surface area contributed by atoms with Gasteiger partial charge in [0.25, 0.3) is 5.91 Å². The van der Waals surface area contributed by atoms with Crippen LogP contribution in [-0.4, -0.2) is 33.3 Å². The van der Waals surface area contributed by atoms with E-state index in [9.17, 15) is 22.8 Å². The first-order valence-corrected chi connectivity index (χ1v) is 11.7. The number of benzene rings is 2. The molecule has 0 bridgehead atoms. The van der Waals surface area contributed by atoms with Crippen LogP contribution < -0.4 is 10.6 Å². The lowest BCUT2D eigenvalue weighted by Gasteiger charge is -2.20. The fraction of sp³-hybridized carbons (Fsp3) is 0.346. The fourth-order valence-electron chi connectivity index (χ4n) is 3.72. The first kappa shape index (κ1) is 26.8. The summed E-state index contributed by atoms with van der Waals surface area (Å²) in [7, 11) is 0. The summed E-state index contributed by atoms with van der Waals surface area (Å²) in [6.07, 6.45) is -0.556. The molecule has 1 heterocycles. The predicted octanol–water partition coefficient (Wildman–Crippen LogP) is 5.69. The van der Waals surface area contributed by atoms with Gasteiger partial charge in [-0.25, -0.2) is 4.68 Å². The molecule has 1 amide bonds. The van der Waals surface area contributed by atoms with Crippen molar-refractivity contribution in [2.45, 2.75) is 45.3 Å². The molecule has 0 aliphatic rings. The van der Waals surface area contributed by atoms with Gasteiger partial charge in [-0.3, -0.25) is 9.59 Å². The standard InChI is InChI=1S/C26H29F3N4O3/c1-3-5-23(18-6-8-19(9-7-18)24(34)30-14-17(4-2)25(35)36)32-21-10-12-22(13-11-21)33-16-20(15-31-33)26(27,28)29/h6-13,15-17,23,32H,3-5,14H2,1-2H3,(H,30,34)(H,35,36). The predicted molar refractivity (Wildman–Crippen MR) is 130 cm³/mol. The van der Waals surface area contributed by atoms with Crippen LogP contribution in [0.2, 0.25) is 0 Å². The van der Waals surface area contributed by atoms with Gasteiger partial charge in [-0.05, 0) is 54.8 Å². The van der Waals surface area contributed by atoms with Crippen molar-refractivity contribution in [3.63, 3.8) is 0 Å². The van der Waals surface area contributed by atoms with Crippen LogP contribution in [0.15, 0.2) is 60.9 Å². The lowest BCUT2D eigenvalue weighted by Crippen LogP contribution is -2.32. The van der Waals surface area contributed by atoms with Gasteiger partial charge in [0.2, 0.25) is 0 Å². The van der Waals surface area contributed by atoms with Gasteiger partial charge in [0, 0.05) is 24.0 Å². The Kier molecular flexibility index (Phi) is 8.73. The topological polar surface area (TPSA) is 96.3 Å². The van der Waals surface area contributed by atoms with E-state index >= 15 is 0 Å². The Hall–Kier alpha value is -3.82. The van der Waals surface area contributed by atoms with Crippen LogP contribution in [0.1, 0.15) is 60.6 Å². The van der Waals surface area contributed by atoms with Crippen molar-refractivity contribution < 1.29 is 27.9 Å². The number of carboxylic acid groups (broad SMARTS) is 1. The second-order valence-corrected chi connectivity index (χ2v) is 8.48. The molecule has 0 aliphatic heterocycles. The Labute approximate surface area is 207 Å². The third-order valence-electron chi connectivity index (χ3n) is 5.89. The van der Waals surface area contributed by atoms with E-state index in [0.29, 0.717) is 17.7 Å². The van der Waals surface area contributed by atoms with Crippen molar-refractivity contribution in [2.24, 2.45) is 5.92 Å². The molecular weight excluding hydrogens is 473 g/mol. The van der Waals surface area contributed by atoms with Crippen LogP contribution >= 0.6 is 0 Å². The summed E-state index contributed by atoms with van der Waals surface area (Å²) < 4.78 is 39.7. The van der Waals surface area contributed by atoms with Crippen LogP contribution in [0.25, 0.3) is 5.69 Å². The minimum absolute atomic E-state index is 0.0454. The van der Waals surface area contributed by atoms with E-state index in [1.807, 2.05) is 12.1 Å². The summed E-state index contributed by atoms with van der Waals surface area (Å²) in [5, 5.41) is 19.0. The highest BCUT2D eigenvalue weighted by atomic mass is 19.4. The van der Waals surface area contributed by atoms with Gasteiger partial charge in [0.15, 0.2) is 0 Å². The van der Waals surface area contributed by atoms with Gasteiger partial charge in [0.1, 0.15) is 0 Å². The SMILES string of the molecule is CCCC(Nc1ccc(-n2cc(C(F)(F)F)cn2)cc1)c1ccc(C(=O)NCC(CC)C(=O)O)cc1. The lowest BCUT2D eigenvalue weighted by molar-refractivity contribution is -0.141. The van der Waals surface area contributed by atoms with E-state index in [2.05, 4.69) is 22.7 Å². The summed E-state index contributed by atoms with van der Waals surface area (Å²) in [6.45, 7) is 3.88. The minimum atomic E-state index is -4.44. The molecule has 0 saturated carbocycles. The third-order valence-corrected chi connectivity index (χ3v) is 5.89. The van der Waals surface area contributed by atoms with Gasteiger partial charge < -0.3 is 15.7 Å². The van der Waals surface area contributed by atoms with Crippen molar-refractivity contribution in [3.05, 3.63) is 77.6 Å². The van der Waals surface area contributed by atoms with Crippen LogP contribution in [0.3, 0.4) is 0 Å². The molecule has 3 rings (SSSR count). The first-order chi connectivity index (χ1) is 17.1. The Morgan fingerprint density at radius 3 is 2.25 bits per heavy atom. The molecule has 2 atom stereocenters. The minimum Gasteiger partial charge on any atom is -0.481 e. The number of alkyl halides is 3. The molecule has 1 aromatic heterocycles. The largest absolute Gasteiger partial charge is 0.481 e. The Balaban J connectivity index is 1.66. The van der Waals surface area contributed by atoms with E-state index in [1.165, 1.54) is 4.68 Å².